The third kappa shape index (κ3) is 2.88. The summed E-state index contributed by atoms with van der Waals surface area (Å²) in [7, 11) is 4.72. The average molecular weight is 326 g/mol. The van der Waals surface area contributed by atoms with E-state index in [1.165, 1.54) is 0 Å². The standard InChI is InChI=1S/C19H18O5/c1-21-17-10-13(11-18(22-2)19(17)23-3)5-4-12-8-15(20)14-6-7-24-16(14)9-12/h4-11,20H,1-3H3/b5-4+. The molecule has 2 aromatic carbocycles. The summed E-state index contributed by atoms with van der Waals surface area (Å²) in [6.07, 6.45) is 5.33. The molecule has 0 amide bonds. The van der Waals surface area contributed by atoms with Gasteiger partial charge in [0.05, 0.1) is 33.0 Å². The van der Waals surface area contributed by atoms with Gasteiger partial charge >= 0.3 is 0 Å². The molecule has 0 aliphatic heterocycles. The van der Waals surface area contributed by atoms with Crippen molar-refractivity contribution in [2.75, 3.05) is 21.3 Å². The lowest BCUT2D eigenvalue weighted by atomic mass is 10.1. The SMILES string of the molecule is COc1cc(/C=C/c2cc(O)c3ccoc3c2)cc(OC)c1OC. The van der Waals surface area contributed by atoms with E-state index in [1.54, 1.807) is 39.7 Å². The van der Waals surface area contributed by atoms with Gasteiger partial charge in [-0.1, -0.05) is 12.2 Å². The number of hydrogen-bond acceptors (Lipinski definition) is 5. The molecule has 0 aliphatic rings. The first-order chi connectivity index (χ1) is 11.7. The van der Waals surface area contributed by atoms with Crippen molar-refractivity contribution in [1.82, 2.24) is 0 Å². The molecule has 0 atom stereocenters. The van der Waals surface area contributed by atoms with Gasteiger partial charge in [-0.05, 0) is 41.5 Å². The summed E-state index contributed by atoms with van der Waals surface area (Å²) in [6, 6.07) is 8.99. The van der Waals surface area contributed by atoms with Crippen LogP contribution in [0.3, 0.4) is 0 Å². The monoisotopic (exact) mass is 326 g/mol. The highest BCUT2D eigenvalue weighted by Gasteiger charge is 2.12. The van der Waals surface area contributed by atoms with E-state index >= 15 is 0 Å². The van der Waals surface area contributed by atoms with Crippen LogP contribution < -0.4 is 14.2 Å². The van der Waals surface area contributed by atoms with Crippen molar-refractivity contribution in [2.45, 2.75) is 0 Å². The van der Waals surface area contributed by atoms with E-state index < -0.39 is 0 Å². The van der Waals surface area contributed by atoms with Gasteiger partial charge in [-0.15, -0.1) is 0 Å². The average Bonchev–Trinajstić information content (AvgIpc) is 3.08. The third-order valence-electron chi connectivity index (χ3n) is 3.73. The van der Waals surface area contributed by atoms with Crippen molar-refractivity contribution in [3.05, 3.63) is 47.7 Å². The summed E-state index contributed by atoms with van der Waals surface area (Å²) in [5.41, 5.74) is 2.34. The number of ether oxygens (including phenoxy) is 3. The van der Waals surface area contributed by atoms with Crippen LogP contribution in [0.5, 0.6) is 23.0 Å². The molecule has 1 aromatic heterocycles. The van der Waals surface area contributed by atoms with Gasteiger partial charge in [-0.2, -0.15) is 0 Å². The van der Waals surface area contributed by atoms with E-state index in [4.69, 9.17) is 18.6 Å². The molecule has 0 aliphatic carbocycles. The van der Waals surface area contributed by atoms with Crippen LogP contribution in [0.4, 0.5) is 0 Å². The summed E-state index contributed by atoms with van der Waals surface area (Å²) in [5.74, 6) is 1.90. The number of methoxy groups -OCH3 is 3. The van der Waals surface area contributed by atoms with Crippen LogP contribution in [0, 0.1) is 0 Å². The normalized spacial score (nSPS) is 11.1. The molecule has 1 heterocycles. The molecule has 0 saturated heterocycles. The lowest BCUT2D eigenvalue weighted by Crippen LogP contribution is -1.95. The van der Waals surface area contributed by atoms with Gasteiger partial charge in [0.15, 0.2) is 11.5 Å². The highest BCUT2D eigenvalue weighted by molar-refractivity contribution is 5.87. The molecule has 0 saturated carbocycles. The second kappa shape index (κ2) is 6.58. The van der Waals surface area contributed by atoms with Crippen LogP contribution in [-0.4, -0.2) is 26.4 Å². The molecule has 0 radical (unpaired) electrons. The Labute approximate surface area is 139 Å². The fourth-order valence-electron chi connectivity index (χ4n) is 2.56. The van der Waals surface area contributed by atoms with Crippen molar-refractivity contribution < 1.29 is 23.7 Å². The van der Waals surface area contributed by atoms with E-state index in [0.717, 1.165) is 11.1 Å². The second-order valence-electron chi connectivity index (χ2n) is 5.16. The van der Waals surface area contributed by atoms with Crippen molar-refractivity contribution in [1.29, 1.82) is 0 Å². The zero-order valence-corrected chi connectivity index (χ0v) is 13.7. The molecule has 0 bridgehead atoms. The smallest absolute Gasteiger partial charge is 0.203 e. The van der Waals surface area contributed by atoms with Gasteiger partial charge in [0, 0.05) is 0 Å². The largest absolute Gasteiger partial charge is 0.507 e. The predicted octanol–water partition coefficient (Wildman–Crippen LogP) is 4.33. The minimum atomic E-state index is 0.186. The lowest BCUT2D eigenvalue weighted by molar-refractivity contribution is 0.324. The summed E-state index contributed by atoms with van der Waals surface area (Å²) >= 11 is 0. The highest BCUT2D eigenvalue weighted by Crippen LogP contribution is 2.38. The number of hydrogen-bond donors (Lipinski definition) is 1. The fraction of sp³-hybridized carbons (Fsp3) is 0.158. The molecule has 5 heteroatoms. The van der Waals surface area contributed by atoms with Gasteiger partial charge in [0.2, 0.25) is 5.75 Å². The molecule has 0 fully saturated rings. The predicted molar refractivity (Wildman–Crippen MR) is 92.9 cm³/mol. The number of rotatable bonds is 5. The van der Waals surface area contributed by atoms with E-state index in [9.17, 15) is 5.11 Å². The van der Waals surface area contributed by atoms with Gasteiger partial charge in [-0.25, -0.2) is 0 Å². The lowest BCUT2D eigenvalue weighted by Gasteiger charge is -2.12. The summed E-state index contributed by atoms with van der Waals surface area (Å²) in [5, 5.41) is 10.7. The molecule has 124 valence electrons. The van der Waals surface area contributed by atoms with E-state index in [-0.39, 0.29) is 5.75 Å². The first-order valence-corrected chi connectivity index (χ1v) is 7.34. The molecule has 0 spiro atoms. The van der Waals surface area contributed by atoms with Crippen LogP contribution in [0.25, 0.3) is 23.1 Å². The van der Waals surface area contributed by atoms with E-state index in [0.29, 0.717) is 28.2 Å². The molecular weight excluding hydrogens is 308 g/mol. The Kier molecular flexibility index (Phi) is 4.33. The Morgan fingerprint density at radius 3 is 2.08 bits per heavy atom. The van der Waals surface area contributed by atoms with Crippen LogP contribution in [-0.2, 0) is 0 Å². The zero-order valence-electron chi connectivity index (χ0n) is 13.7. The number of phenols is 1. The summed E-state index contributed by atoms with van der Waals surface area (Å²) in [6.45, 7) is 0. The fourth-order valence-corrected chi connectivity index (χ4v) is 2.56. The van der Waals surface area contributed by atoms with Crippen LogP contribution in [0.2, 0.25) is 0 Å². The van der Waals surface area contributed by atoms with Crippen molar-refractivity contribution >= 4 is 23.1 Å². The third-order valence-corrected chi connectivity index (χ3v) is 3.73. The Balaban J connectivity index is 1.98. The number of aromatic hydroxyl groups is 1. The molecular formula is C19H18O5. The Morgan fingerprint density at radius 1 is 0.875 bits per heavy atom. The maximum Gasteiger partial charge on any atom is 0.203 e. The maximum atomic E-state index is 10.0. The quantitative estimate of drug-likeness (QED) is 0.707. The first kappa shape index (κ1) is 15.8. The van der Waals surface area contributed by atoms with E-state index in [1.807, 2.05) is 30.4 Å². The van der Waals surface area contributed by atoms with Crippen molar-refractivity contribution in [3.63, 3.8) is 0 Å². The zero-order chi connectivity index (χ0) is 17.1. The van der Waals surface area contributed by atoms with Crippen molar-refractivity contribution in [2.24, 2.45) is 0 Å². The molecule has 5 nitrogen and oxygen atoms in total. The number of fused-ring (bicyclic) bond motifs is 1. The second-order valence-corrected chi connectivity index (χ2v) is 5.16. The number of furan rings is 1. The Bertz CT molecular complexity index is 867. The minimum absolute atomic E-state index is 0.186. The number of phenolic OH excluding ortho intramolecular Hbond substituents is 1. The highest BCUT2D eigenvalue weighted by atomic mass is 16.5. The first-order valence-electron chi connectivity index (χ1n) is 7.34. The van der Waals surface area contributed by atoms with Gasteiger partial charge in [-0.3, -0.25) is 0 Å². The van der Waals surface area contributed by atoms with Gasteiger partial charge in [0.1, 0.15) is 11.3 Å². The van der Waals surface area contributed by atoms with Gasteiger partial charge in [0.25, 0.3) is 0 Å². The molecule has 3 aromatic rings. The summed E-state index contributed by atoms with van der Waals surface area (Å²) in [4.78, 5) is 0. The summed E-state index contributed by atoms with van der Waals surface area (Å²) < 4.78 is 21.3. The molecule has 1 N–H and O–H groups in total. The Morgan fingerprint density at radius 2 is 1.50 bits per heavy atom. The van der Waals surface area contributed by atoms with Crippen LogP contribution in [0.1, 0.15) is 11.1 Å². The van der Waals surface area contributed by atoms with Crippen LogP contribution >= 0.6 is 0 Å². The molecule has 0 unspecified atom stereocenters. The van der Waals surface area contributed by atoms with Gasteiger partial charge < -0.3 is 23.7 Å². The topological polar surface area (TPSA) is 61.1 Å². The molecule has 24 heavy (non-hydrogen) atoms. The maximum absolute atomic E-state index is 10.0. The molecule has 3 rings (SSSR count). The van der Waals surface area contributed by atoms with Crippen LogP contribution in [0.15, 0.2) is 41.0 Å². The minimum Gasteiger partial charge on any atom is -0.507 e. The number of benzene rings is 2. The van der Waals surface area contributed by atoms with E-state index in [2.05, 4.69) is 0 Å². The Hall–Kier alpha value is -3.08. The van der Waals surface area contributed by atoms with Crippen molar-refractivity contribution in [3.8, 4) is 23.0 Å².